The van der Waals surface area contributed by atoms with Gasteiger partial charge in [-0.1, -0.05) is 18.2 Å². The third-order valence-electron chi connectivity index (χ3n) is 4.76. The van der Waals surface area contributed by atoms with E-state index >= 15 is 0 Å². The van der Waals surface area contributed by atoms with Crippen LogP contribution in [0, 0.1) is 5.82 Å². The van der Waals surface area contributed by atoms with Gasteiger partial charge < -0.3 is 24.3 Å². The molecule has 4 rings (SSSR count). The van der Waals surface area contributed by atoms with Crippen molar-refractivity contribution in [1.29, 1.82) is 0 Å². The number of fused-ring (bicyclic) bond motifs is 1. The summed E-state index contributed by atoms with van der Waals surface area (Å²) in [5.74, 6) is 2.59. The largest absolute Gasteiger partial charge is 0.490 e. The van der Waals surface area contributed by atoms with Crippen LogP contribution in [-0.4, -0.2) is 13.4 Å². The molecule has 0 saturated heterocycles. The van der Waals surface area contributed by atoms with Gasteiger partial charge in [0.25, 0.3) is 0 Å². The topological polar surface area (TPSA) is 49.0 Å². The van der Waals surface area contributed by atoms with Gasteiger partial charge in [-0.2, -0.15) is 0 Å². The van der Waals surface area contributed by atoms with Crippen LogP contribution in [0.4, 0.5) is 4.39 Å². The molecule has 7 heteroatoms. The summed E-state index contributed by atoms with van der Waals surface area (Å²) in [7, 11) is 0. The number of benzene rings is 3. The van der Waals surface area contributed by atoms with Crippen LogP contribution in [0.15, 0.2) is 59.1 Å². The SMILES string of the molecule is CCOc1cc(CNCc2ccc3c(c2)OCO3)cc(Br)c1OCc1ccc(F)cc1. The molecular weight excluding hydrogens is 465 g/mol. The number of ether oxygens (including phenoxy) is 4. The van der Waals surface area contributed by atoms with Crippen molar-refractivity contribution in [3.05, 3.63) is 81.6 Å². The molecule has 3 aromatic carbocycles. The number of nitrogens with one attached hydrogen (secondary N) is 1. The summed E-state index contributed by atoms with van der Waals surface area (Å²) in [4.78, 5) is 0. The molecule has 0 unspecified atom stereocenters. The molecular formula is C24H23BrFNO4. The zero-order valence-corrected chi connectivity index (χ0v) is 18.7. The van der Waals surface area contributed by atoms with Crippen molar-refractivity contribution in [2.75, 3.05) is 13.4 Å². The van der Waals surface area contributed by atoms with E-state index in [-0.39, 0.29) is 12.6 Å². The molecule has 1 aliphatic heterocycles. The summed E-state index contributed by atoms with van der Waals surface area (Å²) < 4.78 is 36.5. The Hall–Kier alpha value is -2.77. The Balaban J connectivity index is 1.40. The molecule has 0 saturated carbocycles. The van der Waals surface area contributed by atoms with Crippen LogP contribution in [0.1, 0.15) is 23.6 Å². The lowest BCUT2D eigenvalue weighted by atomic mass is 10.1. The molecule has 1 aliphatic rings. The van der Waals surface area contributed by atoms with Gasteiger partial charge >= 0.3 is 0 Å². The molecule has 0 fully saturated rings. The third kappa shape index (κ3) is 5.48. The highest BCUT2D eigenvalue weighted by atomic mass is 79.9. The maximum absolute atomic E-state index is 13.1. The first-order valence-corrected chi connectivity index (χ1v) is 10.8. The Morgan fingerprint density at radius 1 is 0.903 bits per heavy atom. The Bertz CT molecular complexity index is 1040. The van der Waals surface area contributed by atoms with Crippen LogP contribution < -0.4 is 24.3 Å². The molecule has 0 atom stereocenters. The second-order valence-electron chi connectivity index (χ2n) is 7.04. The molecule has 3 aromatic rings. The molecule has 31 heavy (non-hydrogen) atoms. The molecule has 0 aliphatic carbocycles. The fourth-order valence-corrected chi connectivity index (χ4v) is 3.87. The van der Waals surface area contributed by atoms with E-state index in [1.165, 1.54) is 12.1 Å². The highest BCUT2D eigenvalue weighted by Crippen LogP contribution is 2.37. The minimum Gasteiger partial charge on any atom is -0.490 e. The monoisotopic (exact) mass is 487 g/mol. The lowest BCUT2D eigenvalue weighted by Gasteiger charge is -2.16. The van der Waals surface area contributed by atoms with Crippen LogP contribution in [0.3, 0.4) is 0 Å². The average molecular weight is 488 g/mol. The number of hydrogen-bond donors (Lipinski definition) is 1. The summed E-state index contributed by atoms with van der Waals surface area (Å²) in [6.45, 7) is 4.40. The maximum atomic E-state index is 13.1. The minimum atomic E-state index is -0.266. The van der Waals surface area contributed by atoms with Gasteiger partial charge in [0.2, 0.25) is 6.79 Å². The fraction of sp³-hybridized carbons (Fsp3) is 0.250. The van der Waals surface area contributed by atoms with Gasteiger partial charge in [-0.25, -0.2) is 4.39 Å². The van der Waals surface area contributed by atoms with Crippen molar-refractivity contribution in [2.24, 2.45) is 0 Å². The van der Waals surface area contributed by atoms with Gasteiger partial charge in [0.05, 0.1) is 11.1 Å². The summed E-state index contributed by atoms with van der Waals surface area (Å²) in [6, 6.07) is 16.2. The smallest absolute Gasteiger partial charge is 0.231 e. The highest BCUT2D eigenvalue weighted by molar-refractivity contribution is 9.10. The first-order chi connectivity index (χ1) is 15.1. The maximum Gasteiger partial charge on any atom is 0.231 e. The Morgan fingerprint density at radius 2 is 1.65 bits per heavy atom. The average Bonchev–Trinajstić information content (AvgIpc) is 3.23. The number of hydrogen-bond acceptors (Lipinski definition) is 5. The van der Waals surface area contributed by atoms with Crippen LogP contribution >= 0.6 is 15.9 Å². The summed E-state index contributed by atoms with van der Waals surface area (Å²) in [5, 5.41) is 3.44. The Kier molecular flexibility index (Phi) is 6.94. The third-order valence-corrected chi connectivity index (χ3v) is 5.35. The standard InChI is InChI=1S/C24H23BrFNO4/c1-2-28-23-11-18(13-27-12-17-5-8-21-22(10-17)31-15-30-21)9-20(25)24(23)29-14-16-3-6-19(26)7-4-16/h3-11,27H,2,12-15H2,1H3. The zero-order chi connectivity index (χ0) is 21.6. The highest BCUT2D eigenvalue weighted by Gasteiger charge is 2.14. The second-order valence-corrected chi connectivity index (χ2v) is 7.90. The summed E-state index contributed by atoms with van der Waals surface area (Å²) in [6.07, 6.45) is 0. The predicted octanol–water partition coefficient (Wildman–Crippen LogP) is 5.58. The fourth-order valence-electron chi connectivity index (χ4n) is 3.26. The van der Waals surface area contributed by atoms with Crippen molar-refractivity contribution in [3.63, 3.8) is 0 Å². The number of halogens is 2. The van der Waals surface area contributed by atoms with E-state index in [0.29, 0.717) is 37.8 Å². The Labute approximate surface area is 189 Å². The van der Waals surface area contributed by atoms with Crippen molar-refractivity contribution in [3.8, 4) is 23.0 Å². The van der Waals surface area contributed by atoms with E-state index in [2.05, 4.69) is 21.2 Å². The Morgan fingerprint density at radius 3 is 2.45 bits per heavy atom. The van der Waals surface area contributed by atoms with Crippen LogP contribution in [0.5, 0.6) is 23.0 Å². The van der Waals surface area contributed by atoms with Crippen LogP contribution in [-0.2, 0) is 19.7 Å². The van der Waals surface area contributed by atoms with Gasteiger partial charge in [-0.3, -0.25) is 0 Å². The van der Waals surface area contributed by atoms with E-state index in [1.807, 2.05) is 37.3 Å². The number of rotatable bonds is 9. The molecule has 0 bridgehead atoms. The quantitative estimate of drug-likeness (QED) is 0.426. The first kappa shape index (κ1) is 21.5. The van der Waals surface area contributed by atoms with Gasteiger partial charge in [0.15, 0.2) is 23.0 Å². The summed E-state index contributed by atoms with van der Waals surface area (Å²) >= 11 is 3.60. The van der Waals surface area contributed by atoms with E-state index < -0.39 is 0 Å². The van der Waals surface area contributed by atoms with E-state index in [4.69, 9.17) is 18.9 Å². The van der Waals surface area contributed by atoms with E-state index in [0.717, 1.165) is 32.7 Å². The normalized spacial score (nSPS) is 12.1. The molecule has 5 nitrogen and oxygen atoms in total. The lowest BCUT2D eigenvalue weighted by Crippen LogP contribution is -2.13. The van der Waals surface area contributed by atoms with Crippen molar-refractivity contribution in [1.82, 2.24) is 5.32 Å². The van der Waals surface area contributed by atoms with Gasteiger partial charge in [-0.15, -0.1) is 0 Å². The van der Waals surface area contributed by atoms with Gasteiger partial charge in [0, 0.05) is 13.1 Å². The molecule has 0 aromatic heterocycles. The van der Waals surface area contributed by atoms with Crippen molar-refractivity contribution in [2.45, 2.75) is 26.6 Å². The van der Waals surface area contributed by atoms with Crippen molar-refractivity contribution < 1.29 is 23.3 Å². The van der Waals surface area contributed by atoms with Crippen LogP contribution in [0.25, 0.3) is 0 Å². The molecule has 0 radical (unpaired) electrons. The molecule has 0 spiro atoms. The van der Waals surface area contributed by atoms with Crippen molar-refractivity contribution >= 4 is 15.9 Å². The summed E-state index contributed by atoms with van der Waals surface area (Å²) in [5.41, 5.74) is 3.06. The van der Waals surface area contributed by atoms with E-state index in [9.17, 15) is 4.39 Å². The van der Waals surface area contributed by atoms with Gasteiger partial charge in [0.1, 0.15) is 12.4 Å². The molecule has 1 heterocycles. The minimum absolute atomic E-state index is 0.266. The van der Waals surface area contributed by atoms with Gasteiger partial charge in [-0.05, 0) is 75.9 Å². The lowest BCUT2D eigenvalue weighted by molar-refractivity contribution is 0.174. The molecule has 1 N–H and O–H groups in total. The van der Waals surface area contributed by atoms with E-state index in [1.54, 1.807) is 12.1 Å². The predicted molar refractivity (Wildman–Crippen MR) is 119 cm³/mol. The zero-order valence-electron chi connectivity index (χ0n) is 17.1. The molecule has 162 valence electrons. The molecule has 0 amide bonds. The first-order valence-electron chi connectivity index (χ1n) is 10.0. The second kappa shape index (κ2) is 10.0. The van der Waals surface area contributed by atoms with Crippen LogP contribution in [0.2, 0.25) is 0 Å².